The summed E-state index contributed by atoms with van der Waals surface area (Å²) in [7, 11) is 0. The van der Waals surface area contributed by atoms with E-state index in [4.69, 9.17) is 39.5 Å². The minimum atomic E-state index is -0.690. The molecule has 5 nitrogen and oxygen atoms in total. The first-order valence-corrected chi connectivity index (χ1v) is 9.84. The Hall–Kier alpha value is -1.95. The summed E-state index contributed by atoms with van der Waals surface area (Å²) in [4.78, 5) is 26.6. The summed E-state index contributed by atoms with van der Waals surface area (Å²) in [5.41, 5.74) is 0.752. The number of nitrogens with one attached hydrogen (secondary N) is 1. The van der Waals surface area contributed by atoms with Crippen molar-refractivity contribution in [2.75, 3.05) is 13.2 Å². The van der Waals surface area contributed by atoms with Gasteiger partial charge in [0.2, 0.25) is 5.91 Å². The van der Waals surface area contributed by atoms with E-state index in [9.17, 15) is 9.59 Å². The molecule has 0 aliphatic heterocycles. The van der Waals surface area contributed by atoms with E-state index < -0.39 is 6.04 Å². The van der Waals surface area contributed by atoms with Crippen LogP contribution >= 0.6 is 34.8 Å². The zero-order chi connectivity index (χ0) is 20.7. The lowest BCUT2D eigenvalue weighted by atomic mass is 10.1. The Balaban J connectivity index is 2.17. The summed E-state index contributed by atoms with van der Waals surface area (Å²) in [5.74, 6) is -0.121. The normalized spacial score (nSPS) is 11.6. The molecule has 0 aliphatic rings. The van der Waals surface area contributed by atoms with E-state index in [-0.39, 0.29) is 25.0 Å². The van der Waals surface area contributed by atoms with Crippen molar-refractivity contribution in [1.29, 1.82) is 0 Å². The summed E-state index contributed by atoms with van der Waals surface area (Å²) >= 11 is 18.0. The van der Waals surface area contributed by atoms with Crippen molar-refractivity contribution in [2.45, 2.75) is 26.4 Å². The van der Waals surface area contributed by atoms with Crippen LogP contribution in [0.1, 0.15) is 19.4 Å². The van der Waals surface area contributed by atoms with E-state index in [0.717, 1.165) is 5.56 Å². The van der Waals surface area contributed by atoms with Crippen molar-refractivity contribution >= 4 is 46.6 Å². The molecule has 2 rings (SSSR count). The predicted molar refractivity (Wildman–Crippen MR) is 112 cm³/mol. The van der Waals surface area contributed by atoms with Gasteiger partial charge in [-0.25, -0.2) is 0 Å². The third kappa shape index (κ3) is 6.30. The lowest BCUT2D eigenvalue weighted by Crippen LogP contribution is -2.49. The van der Waals surface area contributed by atoms with Crippen molar-refractivity contribution in [3.8, 4) is 5.75 Å². The molecule has 0 aliphatic carbocycles. The maximum absolute atomic E-state index is 12.8. The molecule has 0 saturated heterocycles. The molecule has 0 aromatic heterocycles. The average Bonchev–Trinajstić information content (AvgIpc) is 2.66. The number of hydrogen-bond acceptors (Lipinski definition) is 3. The van der Waals surface area contributed by atoms with Crippen LogP contribution in [-0.2, 0) is 16.1 Å². The zero-order valence-corrected chi connectivity index (χ0v) is 17.8. The quantitative estimate of drug-likeness (QED) is 0.650. The van der Waals surface area contributed by atoms with Gasteiger partial charge in [0.25, 0.3) is 5.91 Å². The van der Waals surface area contributed by atoms with Crippen molar-refractivity contribution in [3.63, 3.8) is 0 Å². The minimum absolute atomic E-state index is 0.187. The zero-order valence-electron chi connectivity index (χ0n) is 15.5. The Kier molecular flexibility index (Phi) is 8.42. The molecule has 0 unspecified atom stereocenters. The second-order valence-electron chi connectivity index (χ2n) is 6.09. The van der Waals surface area contributed by atoms with Crippen LogP contribution in [0.25, 0.3) is 0 Å². The third-order valence-electron chi connectivity index (χ3n) is 4.01. The van der Waals surface area contributed by atoms with E-state index in [2.05, 4.69) is 5.32 Å². The van der Waals surface area contributed by atoms with Gasteiger partial charge in [0.15, 0.2) is 6.61 Å². The molecule has 0 saturated carbocycles. The Morgan fingerprint density at radius 2 is 1.86 bits per heavy atom. The number of ether oxygens (including phenoxy) is 1. The van der Waals surface area contributed by atoms with Gasteiger partial charge in [-0.1, -0.05) is 46.9 Å². The van der Waals surface area contributed by atoms with Crippen LogP contribution in [0, 0.1) is 0 Å². The predicted octanol–water partition coefficient (Wildman–Crippen LogP) is 4.58. The van der Waals surface area contributed by atoms with Crippen molar-refractivity contribution in [3.05, 3.63) is 63.1 Å². The van der Waals surface area contributed by atoms with Gasteiger partial charge in [-0.05, 0) is 49.7 Å². The minimum Gasteiger partial charge on any atom is -0.484 e. The number of carbonyl (C=O) groups excluding carboxylic acids is 2. The van der Waals surface area contributed by atoms with Gasteiger partial charge in [0.1, 0.15) is 11.8 Å². The number of likely N-dealkylation sites (N-methyl/N-ethyl adjacent to an activating group) is 1. The highest BCUT2D eigenvalue weighted by molar-refractivity contribution is 6.42. The molecule has 2 amide bonds. The van der Waals surface area contributed by atoms with Crippen LogP contribution < -0.4 is 10.1 Å². The van der Waals surface area contributed by atoms with Gasteiger partial charge in [-0.3, -0.25) is 9.59 Å². The van der Waals surface area contributed by atoms with Crippen LogP contribution in [0.2, 0.25) is 15.1 Å². The van der Waals surface area contributed by atoms with Crippen molar-refractivity contribution in [2.24, 2.45) is 0 Å². The molecule has 2 aromatic carbocycles. The summed E-state index contributed by atoms with van der Waals surface area (Å²) in [6, 6.07) is 11.2. The molecular weight excluding hydrogens is 423 g/mol. The fourth-order valence-corrected chi connectivity index (χ4v) is 3.02. The molecule has 2 aromatic rings. The number of rotatable bonds is 8. The monoisotopic (exact) mass is 442 g/mol. The first-order valence-electron chi connectivity index (χ1n) is 8.71. The summed E-state index contributed by atoms with van der Waals surface area (Å²) in [6.45, 7) is 3.91. The van der Waals surface area contributed by atoms with Gasteiger partial charge < -0.3 is 15.0 Å². The Labute approximate surface area is 179 Å². The van der Waals surface area contributed by atoms with E-state index in [0.29, 0.717) is 27.4 Å². The smallest absolute Gasteiger partial charge is 0.261 e. The molecule has 0 bridgehead atoms. The van der Waals surface area contributed by atoms with Gasteiger partial charge >= 0.3 is 0 Å². The van der Waals surface area contributed by atoms with Gasteiger partial charge in [-0.2, -0.15) is 0 Å². The van der Waals surface area contributed by atoms with Gasteiger partial charge in [-0.15, -0.1) is 0 Å². The topological polar surface area (TPSA) is 58.6 Å². The third-order valence-corrected chi connectivity index (χ3v) is 4.99. The fourth-order valence-electron chi connectivity index (χ4n) is 2.52. The second-order valence-corrected chi connectivity index (χ2v) is 7.34. The van der Waals surface area contributed by atoms with Crippen LogP contribution in [0.4, 0.5) is 0 Å². The van der Waals surface area contributed by atoms with Crippen molar-refractivity contribution < 1.29 is 14.3 Å². The molecule has 0 heterocycles. The highest BCUT2D eigenvalue weighted by Gasteiger charge is 2.26. The van der Waals surface area contributed by atoms with E-state index >= 15 is 0 Å². The average molecular weight is 444 g/mol. The lowest BCUT2D eigenvalue weighted by molar-refractivity contribution is -0.142. The Morgan fingerprint density at radius 1 is 1.11 bits per heavy atom. The SMILES string of the molecule is CCNC(=O)[C@H](C)N(Cc1ccc(Cl)c(Cl)c1)C(=O)COc1cccc(Cl)c1. The standard InChI is InChI=1S/C20H21Cl3N2O3/c1-3-24-20(27)13(2)25(11-14-7-8-17(22)18(23)9-14)19(26)12-28-16-6-4-5-15(21)10-16/h4-10,13H,3,11-12H2,1-2H3,(H,24,27)/t13-/m0/s1. The number of amides is 2. The number of hydrogen-bond donors (Lipinski definition) is 1. The Bertz CT molecular complexity index is 845. The van der Waals surface area contributed by atoms with E-state index in [1.165, 1.54) is 4.90 Å². The van der Waals surface area contributed by atoms with Crippen molar-refractivity contribution in [1.82, 2.24) is 10.2 Å². The number of halogens is 3. The summed E-state index contributed by atoms with van der Waals surface area (Å²) < 4.78 is 5.55. The van der Waals surface area contributed by atoms with E-state index in [1.807, 2.05) is 6.92 Å². The van der Waals surface area contributed by atoms with Crippen LogP contribution in [0.5, 0.6) is 5.75 Å². The highest BCUT2D eigenvalue weighted by Crippen LogP contribution is 2.24. The van der Waals surface area contributed by atoms with E-state index in [1.54, 1.807) is 49.4 Å². The fraction of sp³-hybridized carbons (Fsp3) is 0.300. The molecule has 1 N–H and O–H groups in total. The van der Waals surface area contributed by atoms with Crippen LogP contribution in [0.3, 0.4) is 0 Å². The lowest BCUT2D eigenvalue weighted by Gasteiger charge is -2.28. The molecule has 1 atom stereocenters. The maximum Gasteiger partial charge on any atom is 0.261 e. The molecule has 8 heteroatoms. The number of carbonyl (C=O) groups is 2. The van der Waals surface area contributed by atoms with Gasteiger partial charge in [0, 0.05) is 18.1 Å². The first-order chi connectivity index (χ1) is 13.3. The maximum atomic E-state index is 12.8. The molecule has 28 heavy (non-hydrogen) atoms. The molecule has 0 spiro atoms. The summed E-state index contributed by atoms with van der Waals surface area (Å²) in [5, 5.41) is 4.04. The highest BCUT2D eigenvalue weighted by atomic mass is 35.5. The largest absolute Gasteiger partial charge is 0.484 e. The van der Waals surface area contributed by atoms with Crippen LogP contribution in [0.15, 0.2) is 42.5 Å². The molecule has 150 valence electrons. The second kappa shape index (κ2) is 10.6. The molecule has 0 radical (unpaired) electrons. The van der Waals surface area contributed by atoms with Crippen LogP contribution in [-0.4, -0.2) is 35.9 Å². The first kappa shape index (κ1) is 22.3. The Morgan fingerprint density at radius 3 is 2.50 bits per heavy atom. The molecule has 0 fully saturated rings. The number of benzene rings is 2. The number of nitrogens with zero attached hydrogens (tertiary/aromatic N) is 1. The van der Waals surface area contributed by atoms with Gasteiger partial charge in [0.05, 0.1) is 10.0 Å². The molecular formula is C20H21Cl3N2O3. The summed E-state index contributed by atoms with van der Waals surface area (Å²) in [6.07, 6.45) is 0.